The standard InChI is InChI=1S/C25H18F2N2O5/c26-20-12-21(27)24(34-22-8-7-17(30)11-19(22)25(31)32)29-23(20)33-18-6-2-5-16(10-18)15-4-1-3-14(9-15)13-28/h1-12,30H,13,28H2,(H,31,32). The smallest absolute Gasteiger partial charge is 0.339 e. The summed E-state index contributed by atoms with van der Waals surface area (Å²) in [5, 5.41) is 18.8. The second kappa shape index (κ2) is 9.55. The number of pyridine rings is 1. The first-order valence-electron chi connectivity index (χ1n) is 10.0. The molecule has 4 rings (SSSR count). The lowest BCUT2D eigenvalue weighted by atomic mass is 10.0. The average Bonchev–Trinajstić information content (AvgIpc) is 2.83. The van der Waals surface area contributed by atoms with E-state index in [2.05, 4.69) is 4.98 Å². The third kappa shape index (κ3) is 4.94. The molecular weight excluding hydrogens is 446 g/mol. The van der Waals surface area contributed by atoms with Crippen molar-refractivity contribution in [1.29, 1.82) is 0 Å². The number of carbonyl (C=O) groups is 1. The fraction of sp³-hybridized carbons (Fsp3) is 0.0400. The van der Waals surface area contributed by atoms with Crippen LogP contribution < -0.4 is 15.2 Å². The fourth-order valence-electron chi connectivity index (χ4n) is 3.18. The SMILES string of the molecule is NCc1cccc(-c2cccc(Oc3nc(Oc4ccc(O)cc4C(=O)O)c(F)cc3F)c2)c1. The molecule has 4 aromatic rings. The third-order valence-corrected chi connectivity index (χ3v) is 4.81. The van der Waals surface area contributed by atoms with Crippen LogP contribution in [0.15, 0.2) is 72.8 Å². The van der Waals surface area contributed by atoms with Crippen LogP contribution in [-0.4, -0.2) is 21.2 Å². The van der Waals surface area contributed by atoms with Crippen LogP contribution in [0, 0.1) is 11.6 Å². The highest BCUT2D eigenvalue weighted by atomic mass is 19.1. The van der Waals surface area contributed by atoms with E-state index < -0.39 is 34.9 Å². The van der Waals surface area contributed by atoms with Gasteiger partial charge in [-0.25, -0.2) is 13.6 Å². The molecule has 0 aliphatic carbocycles. The molecule has 7 nitrogen and oxygen atoms in total. The maximum atomic E-state index is 14.4. The average molecular weight is 464 g/mol. The van der Waals surface area contributed by atoms with Gasteiger partial charge in [-0.15, -0.1) is 0 Å². The third-order valence-electron chi connectivity index (χ3n) is 4.81. The molecule has 0 saturated heterocycles. The second-order valence-corrected chi connectivity index (χ2v) is 7.18. The first-order chi connectivity index (χ1) is 16.3. The molecule has 4 N–H and O–H groups in total. The molecular formula is C25H18F2N2O5. The van der Waals surface area contributed by atoms with Gasteiger partial charge in [0.15, 0.2) is 11.6 Å². The highest BCUT2D eigenvalue weighted by Crippen LogP contribution is 2.33. The zero-order valence-electron chi connectivity index (χ0n) is 17.5. The van der Waals surface area contributed by atoms with Gasteiger partial charge in [-0.1, -0.05) is 30.3 Å². The molecule has 0 aliphatic heterocycles. The van der Waals surface area contributed by atoms with Crippen molar-refractivity contribution < 1.29 is 33.3 Å². The normalized spacial score (nSPS) is 10.7. The van der Waals surface area contributed by atoms with Gasteiger partial charge in [-0.05, 0) is 53.1 Å². The van der Waals surface area contributed by atoms with Crippen LogP contribution in [0.25, 0.3) is 11.1 Å². The van der Waals surface area contributed by atoms with E-state index >= 15 is 0 Å². The van der Waals surface area contributed by atoms with Gasteiger partial charge in [-0.3, -0.25) is 0 Å². The summed E-state index contributed by atoms with van der Waals surface area (Å²) in [4.78, 5) is 15.2. The largest absolute Gasteiger partial charge is 0.508 e. The Hall–Kier alpha value is -4.50. The molecule has 0 aliphatic rings. The van der Waals surface area contributed by atoms with Crippen molar-refractivity contribution in [2.45, 2.75) is 6.54 Å². The van der Waals surface area contributed by atoms with E-state index in [0.717, 1.165) is 34.9 Å². The van der Waals surface area contributed by atoms with Gasteiger partial charge >= 0.3 is 5.97 Å². The number of halogens is 2. The van der Waals surface area contributed by atoms with Gasteiger partial charge < -0.3 is 25.4 Å². The Kier molecular flexibility index (Phi) is 6.37. The maximum Gasteiger partial charge on any atom is 0.339 e. The lowest BCUT2D eigenvalue weighted by Crippen LogP contribution is -2.03. The van der Waals surface area contributed by atoms with Crippen LogP contribution in [-0.2, 0) is 6.54 Å². The van der Waals surface area contributed by atoms with Crippen molar-refractivity contribution in [3.05, 3.63) is 95.6 Å². The van der Waals surface area contributed by atoms with Crippen molar-refractivity contribution in [1.82, 2.24) is 4.98 Å². The van der Waals surface area contributed by atoms with E-state index in [-0.39, 0.29) is 17.2 Å². The molecule has 0 bridgehead atoms. The van der Waals surface area contributed by atoms with Crippen LogP contribution in [0.3, 0.4) is 0 Å². The molecule has 0 atom stereocenters. The minimum absolute atomic E-state index is 0.232. The van der Waals surface area contributed by atoms with Crippen LogP contribution in [0.4, 0.5) is 8.78 Å². The minimum atomic E-state index is -1.42. The van der Waals surface area contributed by atoms with Gasteiger partial charge in [-0.2, -0.15) is 4.98 Å². The molecule has 0 saturated carbocycles. The number of phenolic OH excluding ortho intramolecular Hbond substituents is 1. The number of hydrogen-bond donors (Lipinski definition) is 3. The number of hydrogen-bond acceptors (Lipinski definition) is 6. The number of ether oxygens (including phenoxy) is 2. The van der Waals surface area contributed by atoms with E-state index in [9.17, 15) is 23.8 Å². The number of benzene rings is 3. The number of nitrogens with zero attached hydrogens (tertiary/aromatic N) is 1. The molecule has 34 heavy (non-hydrogen) atoms. The maximum absolute atomic E-state index is 14.4. The van der Waals surface area contributed by atoms with Crippen molar-refractivity contribution in [3.8, 4) is 40.1 Å². The minimum Gasteiger partial charge on any atom is -0.508 e. The number of aromatic nitrogens is 1. The van der Waals surface area contributed by atoms with E-state index in [0.29, 0.717) is 12.6 Å². The summed E-state index contributed by atoms with van der Waals surface area (Å²) in [6, 6.07) is 18.1. The number of carboxylic acid groups (broad SMARTS) is 1. The summed E-state index contributed by atoms with van der Waals surface area (Å²) in [6.45, 7) is 0.377. The number of rotatable bonds is 7. The van der Waals surface area contributed by atoms with Crippen LogP contribution in [0.5, 0.6) is 29.0 Å². The number of phenols is 1. The highest BCUT2D eigenvalue weighted by Gasteiger charge is 2.19. The van der Waals surface area contributed by atoms with Crippen molar-refractivity contribution in [2.24, 2.45) is 5.73 Å². The Morgan fingerprint density at radius 2 is 1.56 bits per heavy atom. The lowest BCUT2D eigenvalue weighted by Gasteiger charge is -2.12. The first-order valence-corrected chi connectivity index (χ1v) is 10.0. The zero-order chi connectivity index (χ0) is 24.2. The van der Waals surface area contributed by atoms with Crippen molar-refractivity contribution in [3.63, 3.8) is 0 Å². The Morgan fingerprint density at radius 3 is 2.26 bits per heavy atom. The Labute approximate surface area is 192 Å². The number of nitrogens with two attached hydrogens (primary N) is 1. The quantitative estimate of drug-likeness (QED) is 0.332. The van der Waals surface area contributed by atoms with Crippen LogP contribution in [0.1, 0.15) is 15.9 Å². The lowest BCUT2D eigenvalue weighted by molar-refractivity contribution is 0.0693. The Balaban J connectivity index is 1.64. The van der Waals surface area contributed by atoms with Crippen LogP contribution in [0.2, 0.25) is 0 Å². The molecule has 3 aromatic carbocycles. The van der Waals surface area contributed by atoms with E-state index in [1.54, 1.807) is 18.2 Å². The molecule has 0 unspecified atom stereocenters. The number of carboxylic acids is 1. The van der Waals surface area contributed by atoms with Crippen molar-refractivity contribution >= 4 is 5.97 Å². The van der Waals surface area contributed by atoms with Gasteiger partial charge in [0.2, 0.25) is 0 Å². The predicted octanol–water partition coefficient (Wildman–Crippen LogP) is 5.47. The van der Waals surface area contributed by atoms with Crippen LogP contribution >= 0.6 is 0 Å². The predicted molar refractivity (Wildman–Crippen MR) is 119 cm³/mol. The molecule has 9 heteroatoms. The Bertz CT molecular complexity index is 1380. The van der Waals surface area contributed by atoms with Gasteiger partial charge in [0, 0.05) is 12.6 Å². The monoisotopic (exact) mass is 464 g/mol. The first kappa shape index (κ1) is 22.7. The molecule has 1 aromatic heterocycles. The van der Waals surface area contributed by atoms with Gasteiger partial charge in [0.25, 0.3) is 11.8 Å². The second-order valence-electron chi connectivity index (χ2n) is 7.18. The number of aromatic carboxylic acids is 1. The molecule has 0 amide bonds. The molecule has 0 spiro atoms. The van der Waals surface area contributed by atoms with E-state index in [1.807, 2.05) is 30.3 Å². The zero-order valence-corrected chi connectivity index (χ0v) is 17.5. The summed E-state index contributed by atoms with van der Waals surface area (Å²) >= 11 is 0. The summed E-state index contributed by atoms with van der Waals surface area (Å²) in [5.74, 6) is -5.31. The highest BCUT2D eigenvalue weighted by molar-refractivity contribution is 5.91. The molecule has 0 fully saturated rings. The molecule has 1 heterocycles. The fourth-order valence-corrected chi connectivity index (χ4v) is 3.18. The molecule has 0 radical (unpaired) electrons. The van der Waals surface area contributed by atoms with Gasteiger partial charge in [0.05, 0.1) is 0 Å². The number of aromatic hydroxyl groups is 1. The Morgan fingerprint density at radius 1 is 0.882 bits per heavy atom. The van der Waals surface area contributed by atoms with E-state index in [4.69, 9.17) is 15.2 Å². The van der Waals surface area contributed by atoms with Crippen molar-refractivity contribution in [2.75, 3.05) is 0 Å². The molecule has 172 valence electrons. The summed E-state index contributed by atoms with van der Waals surface area (Å²) in [6.07, 6.45) is 0. The van der Waals surface area contributed by atoms with Gasteiger partial charge in [0.1, 0.15) is 22.8 Å². The summed E-state index contributed by atoms with van der Waals surface area (Å²) in [5.41, 5.74) is 7.86. The topological polar surface area (TPSA) is 115 Å². The van der Waals surface area contributed by atoms with E-state index in [1.165, 1.54) is 0 Å². The summed E-state index contributed by atoms with van der Waals surface area (Å²) in [7, 11) is 0. The summed E-state index contributed by atoms with van der Waals surface area (Å²) < 4.78 is 39.6.